The van der Waals surface area contributed by atoms with E-state index in [0.717, 1.165) is 30.1 Å². The summed E-state index contributed by atoms with van der Waals surface area (Å²) in [6, 6.07) is 15.2. The Morgan fingerprint density at radius 2 is 1.56 bits per heavy atom. The quantitative estimate of drug-likeness (QED) is 0.496. The second-order valence-corrected chi connectivity index (χ2v) is 7.24. The molecule has 1 saturated heterocycles. The number of rotatable bonds is 7. The van der Waals surface area contributed by atoms with Crippen molar-refractivity contribution >= 4 is 0 Å². The molecule has 2 unspecified atom stereocenters. The largest absolute Gasteiger partial charge is 0.373 e. The lowest BCUT2D eigenvalue weighted by Crippen LogP contribution is -2.20. The number of ether oxygens (including phenoxy) is 1. The lowest BCUT2D eigenvalue weighted by Gasteiger charge is -2.29. The summed E-state index contributed by atoms with van der Waals surface area (Å²) in [4.78, 5) is 0. The number of hydrogen-bond acceptors (Lipinski definition) is 1. The van der Waals surface area contributed by atoms with Crippen molar-refractivity contribution in [1.29, 1.82) is 0 Å². The zero-order valence-electron chi connectivity index (χ0n) is 15.2. The van der Waals surface area contributed by atoms with Crippen LogP contribution in [-0.2, 0) is 4.74 Å². The Labute approximate surface area is 151 Å². The van der Waals surface area contributed by atoms with Gasteiger partial charge in [-0.1, -0.05) is 69.0 Å². The molecule has 0 bridgehead atoms. The van der Waals surface area contributed by atoms with E-state index in [9.17, 15) is 4.39 Å². The molecule has 0 aliphatic carbocycles. The van der Waals surface area contributed by atoms with Crippen LogP contribution in [0.4, 0.5) is 4.39 Å². The molecule has 0 spiro atoms. The highest BCUT2D eigenvalue weighted by molar-refractivity contribution is 5.63. The van der Waals surface area contributed by atoms with E-state index >= 15 is 0 Å². The summed E-state index contributed by atoms with van der Waals surface area (Å²) >= 11 is 0. The lowest BCUT2D eigenvalue weighted by atomic mass is 9.90. The van der Waals surface area contributed by atoms with Crippen molar-refractivity contribution in [3.63, 3.8) is 0 Å². The summed E-state index contributed by atoms with van der Waals surface area (Å²) in [7, 11) is 0. The highest BCUT2D eigenvalue weighted by atomic mass is 19.1. The van der Waals surface area contributed by atoms with E-state index in [2.05, 4.69) is 31.2 Å². The molecule has 1 aliphatic rings. The average molecular weight is 340 g/mol. The van der Waals surface area contributed by atoms with Gasteiger partial charge in [0.25, 0.3) is 0 Å². The van der Waals surface area contributed by atoms with Gasteiger partial charge >= 0.3 is 0 Å². The molecular formula is C23H29FO. The first-order chi connectivity index (χ1) is 12.3. The van der Waals surface area contributed by atoms with Crippen LogP contribution in [0, 0.1) is 11.7 Å². The molecule has 0 amide bonds. The van der Waals surface area contributed by atoms with Gasteiger partial charge in [0.1, 0.15) is 5.82 Å². The Balaban J connectivity index is 1.51. The topological polar surface area (TPSA) is 9.23 Å². The first kappa shape index (κ1) is 18.1. The van der Waals surface area contributed by atoms with Gasteiger partial charge in [-0.2, -0.15) is 0 Å². The molecule has 25 heavy (non-hydrogen) atoms. The molecule has 1 fully saturated rings. The van der Waals surface area contributed by atoms with Gasteiger partial charge in [0, 0.05) is 0 Å². The average Bonchev–Trinajstić information content (AvgIpc) is 2.67. The molecule has 0 N–H and O–H groups in total. The van der Waals surface area contributed by atoms with Crippen LogP contribution < -0.4 is 0 Å². The van der Waals surface area contributed by atoms with Gasteiger partial charge in [0.2, 0.25) is 0 Å². The Morgan fingerprint density at radius 1 is 0.880 bits per heavy atom. The van der Waals surface area contributed by atoms with Crippen LogP contribution >= 0.6 is 0 Å². The zero-order valence-corrected chi connectivity index (χ0v) is 15.2. The Bertz CT molecular complexity index is 624. The number of unbranched alkanes of at least 4 members (excludes halogenated alkanes) is 3. The van der Waals surface area contributed by atoms with Crippen LogP contribution in [0.5, 0.6) is 0 Å². The van der Waals surface area contributed by atoms with E-state index in [1.807, 2.05) is 12.1 Å². The van der Waals surface area contributed by atoms with E-state index in [1.165, 1.54) is 56.2 Å². The van der Waals surface area contributed by atoms with Gasteiger partial charge < -0.3 is 4.74 Å². The van der Waals surface area contributed by atoms with Gasteiger partial charge in [-0.3, -0.25) is 0 Å². The molecule has 1 nitrogen and oxygen atoms in total. The standard InChI is InChI=1S/C23H29FO/c1-2-3-4-5-6-18-7-16-23(25-17-18)21-10-8-19(9-11-21)20-12-14-22(24)15-13-20/h8-15,18,23H,2-7,16-17H2,1H3. The molecule has 0 radical (unpaired) electrons. The SMILES string of the molecule is CCCCCCC1CCC(c2ccc(-c3ccc(F)cc3)cc2)OC1. The van der Waals surface area contributed by atoms with Crippen molar-refractivity contribution in [2.24, 2.45) is 5.92 Å². The fourth-order valence-electron chi connectivity index (χ4n) is 3.69. The van der Waals surface area contributed by atoms with Crippen molar-refractivity contribution in [3.05, 3.63) is 59.9 Å². The Kier molecular flexibility index (Phi) is 6.63. The minimum atomic E-state index is -0.194. The maximum atomic E-state index is 13.0. The minimum Gasteiger partial charge on any atom is -0.373 e. The molecule has 2 aromatic rings. The molecule has 1 heterocycles. The third kappa shape index (κ3) is 5.15. The van der Waals surface area contributed by atoms with Gasteiger partial charge in [-0.15, -0.1) is 0 Å². The summed E-state index contributed by atoms with van der Waals surface area (Å²) in [5.74, 6) is 0.548. The second kappa shape index (κ2) is 9.15. The van der Waals surface area contributed by atoms with Gasteiger partial charge in [0.15, 0.2) is 0 Å². The molecule has 2 atom stereocenters. The smallest absolute Gasteiger partial charge is 0.123 e. The number of benzene rings is 2. The minimum absolute atomic E-state index is 0.194. The van der Waals surface area contributed by atoms with E-state index in [1.54, 1.807) is 0 Å². The second-order valence-electron chi connectivity index (χ2n) is 7.24. The van der Waals surface area contributed by atoms with Crippen molar-refractivity contribution < 1.29 is 9.13 Å². The predicted octanol–water partition coefficient (Wildman–Crippen LogP) is 6.93. The maximum Gasteiger partial charge on any atom is 0.123 e. The van der Waals surface area contributed by atoms with Crippen molar-refractivity contribution in [3.8, 4) is 11.1 Å². The Morgan fingerprint density at radius 3 is 2.16 bits per heavy atom. The van der Waals surface area contributed by atoms with Gasteiger partial charge in [-0.25, -0.2) is 4.39 Å². The van der Waals surface area contributed by atoms with E-state index in [-0.39, 0.29) is 11.9 Å². The van der Waals surface area contributed by atoms with Crippen molar-refractivity contribution in [1.82, 2.24) is 0 Å². The Hall–Kier alpha value is -1.67. The maximum absolute atomic E-state index is 13.0. The summed E-state index contributed by atoms with van der Waals surface area (Å²) in [5, 5.41) is 0. The molecule has 0 aromatic heterocycles. The predicted molar refractivity (Wildman–Crippen MR) is 102 cm³/mol. The van der Waals surface area contributed by atoms with Gasteiger partial charge in [-0.05, 0) is 54.0 Å². The fraction of sp³-hybridized carbons (Fsp3) is 0.478. The molecule has 0 saturated carbocycles. The summed E-state index contributed by atoms with van der Waals surface area (Å²) in [5.41, 5.74) is 3.42. The molecule has 3 rings (SSSR count). The van der Waals surface area contributed by atoms with Crippen molar-refractivity contribution in [2.45, 2.75) is 58.0 Å². The van der Waals surface area contributed by atoms with E-state index in [4.69, 9.17) is 4.74 Å². The number of hydrogen-bond donors (Lipinski definition) is 0. The van der Waals surface area contributed by atoms with Crippen LogP contribution in [-0.4, -0.2) is 6.61 Å². The highest BCUT2D eigenvalue weighted by Crippen LogP contribution is 2.33. The van der Waals surface area contributed by atoms with Crippen LogP contribution in [0.2, 0.25) is 0 Å². The summed E-state index contributed by atoms with van der Waals surface area (Å²) in [6.07, 6.45) is 9.31. The van der Waals surface area contributed by atoms with E-state index < -0.39 is 0 Å². The van der Waals surface area contributed by atoms with Crippen LogP contribution in [0.1, 0.15) is 63.5 Å². The van der Waals surface area contributed by atoms with Crippen LogP contribution in [0.15, 0.2) is 48.5 Å². The first-order valence-corrected chi connectivity index (χ1v) is 9.73. The normalized spacial score (nSPS) is 20.6. The molecule has 2 heteroatoms. The molecular weight excluding hydrogens is 311 g/mol. The molecule has 134 valence electrons. The van der Waals surface area contributed by atoms with Crippen molar-refractivity contribution in [2.75, 3.05) is 6.61 Å². The third-order valence-corrected chi connectivity index (χ3v) is 5.30. The van der Waals surface area contributed by atoms with Crippen LogP contribution in [0.25, 0.3) is 11.1 Å². The fourth-order valence-corrected chi connectivity index (χ4v) is 3.69. The van der Waals surface area contributed by atoms with Gasteiger partial charge in [0.05, 0.1) is 12.7 Å². The summed E-state index contributed by atoms with van der Waals surface area (Å²) < 4.78 is 19.2. The monoisotopic (exact) mass is 340 g/mol. The molecule has 1 aliphatic heterocycles. The van der Waals surface area contributed by atoms with Crippen LogP contribution in [0.3, 0.4) is 0 Å². The van der Waals surface area contributed by atoms with E-state index in [0.29, 0.717) is 0 Å². The highest BCUT2D eigenvalue weighted by Gasteiger charge is 2.22. The summed E-state index contributed by atoms with van der Waals surface area (Å²) in [6.45, 7) is 3.16. The molecule has 2 aromatic carbocycles. The lowest BCUT2D eigenvalue weighted by molar-refractivity contribution is -0.0198. The third-order valence-electron chi connectivity index (χ3n) is 5.30. The first-order valence-electron chi connectivity index (χ1n) is 9.73. The number of halogens is 1. The zero-order chi connectivity index (χ0) is 17.5.